The van der Waals surface area contributed by atoms with Gasteiger partial charge >= 0.3 is 0 Å². The van der Waals surface area contributed by atoms with Crippen LogP contribution in [0.2, 0.25) is 0 Å². The molecule has 2 unspecified atom stereocenters. The molecular formula is C16H19BrN2. The summed E-state index contributed by atoms with van der Waals surface area (Å²) in [6, 6.07) is 12.8. The van der Waals surface area contributed by atoms with Gasteiger partial charge in [-0.15, -0.1) is 0 Å². The zero-order chi connectivity index (χ0) is 13.8. The molecule has 1 aromatic heterocycles. The summed E-state index contributed by atoms with van der Waals surface area (Å²) in [6.45, 7) is 4.36. The number of likely N-dealkylation sites (N-methyl/N-ethyl adjacent to an activating group) is 1. The lowest BCUT2D eigenvalue weighted by Gasteiger charge is -2.25. The second-order valence-corrected chi connectivity index (χ2v) is 5.73. The van der Waals surface area contributed by atoms with Crippen LogP contribution in [0.4, 0.5) is 0 Å². The Balaban J connectivity index is 2.37. The van der Waals surface area contributed by atoms with E-state index in [2.05, 4.69) is 64.3 Å². The first kappa shape index (κ1) is 14.2. The fraction of sp³-hybridized carbons (Fsp3) is 0.312. The van der Waals surface area contributed by atoms with Crippen molar-refractivity contribution < 1.29 is 0 Å². The molecule has 2 aromatic rings. The molecule has 0 spiro atoms. The minimum absolute atomic E-state index is 0.257. The molecule has 1 heterocycles. The van der Waals surface area contributed by atoms with Crippen molar-refractivity contribution in [1.29, 1.82) is 0 Å². The van der Waals surface area contributed by atoms with Crippen LogP contribution in [0.5, 0.6) is 0 Å². The van der Waals surface area contributed by atoms with Crippen molar-refractivity contribution >= 4 is 15.9 Å². The van der Waals surface area contributed by atoms with E-state index in [9.17, 15) is 0 Å². The van der Waals surface area contributed by atoms with E-state index < -0.39 is 0 Å². The Morgan fingerprint density at radius 3 is 2.63 bits per heavy atom. The molecule has 2 rings (SSSR count). The largest absolute Gasteiger partial charge is 0.312 e. The Hall–Kier alpha value is -1.19. The van der Waals surface area contributed by atoms with Crippen molar-refractivity contribution in [3.8, 4) is 0 Å². The van der Waals surface area contributed by atoms with Gasteiger partial charge in [0.2, 0.25) is 0 Å². The van der Waals surface area contributed by atoms with Crippen LogP contribution in [-0.2, 0) is 0 Å². The maximum absolute atomic E-state index is 4.47. The predicted octanol–water partition coefficient (Wildman–Crippen LogP) is 4.22. The highest BCUT2D eigenvalue weighted by atomic mass is 79.9. The molecule has 1 N–H and O–H groups in total. The molecule has 0 aliphatic rings. The van der Waals surface area contributed by atoms with Crippen LogP contribution in [-0.4, -0.2) is 12.0 Å². The molecule has 0 aliphatic heterocycles. The Labute approximate surface area is 123 Å². The lowest BCUT2D eigenvalue weighted by Crippen LogP contribution is -2.23. The van der Waals surface area contributed by atoms with E-state index in [-0.39, 0.29) is 6.04 Å². The highest BCUT2D eigenvalue weighted by molar-refractivity contribution is 9.10. The number of halogens is 1. The fourth-order valence-electron chi connectivity index (χ4n) is 2.44. The van der Waals surface area contributed by atoms with Gasteiger partial charge in [-0.1, -0.05) is 35.0 Å². The number of rotatable bonds is 4. The summed E-state index contributed by atoms with van der Waals surface area (Å²) in [6.07, 6.45) is 1.85. The minimum Gasteiger partial charge on any atom is -0.312 e. The number of aryl methyl sites for hydroxylation is 1. The standard InChI is InChI=1S/C16H19BrN2/c1-11-7-8-13(17)10-14(11)16(18-3)12(2)15-6-4-5-9-19-15/h4-10,12,16,18H,1-3H3. The third-order valence-corrected chi connectivity index (χ3v) is 4.03. The Morgan fingerprint density at radius 1 is 1.21 bits per heavy atom. The van der Waals surface area contributed by atoms with Crippen molar-refractivity contribution in [2.45, 2.75) is 25.8 Å². The molecule has 0 bridgehead atoms. The number of hydrogen-bond acceptors (Lipinski definition) is 2. The van der Waals surface area contributed by atoms with E-state index in [0.717, 1.165) is 10.2 Å². The minimum atomic E-state index is 0.257. The van der Waals surface area contributed by atoms with Crippen molar-refractivity contribution in [1.82, 2.24) is 10.3 Å². The van der Waals surface area contributed by atoms with E-state index in [1.165, 1.54) is 11.1 Å². The molecule has 100 valence electrons. The van der Waals surface area contributed by atoms with Crippen molar-refractivity contribution in [3.05, 3.63) is 63.9 Å². The van der Waals surface area contributed by atoms with E-state index >= 15 is 0 Å². The van der Waals surface area contributed by atoms with Gasteiger partial charge < -0.3 is 5.32 Å². The van der Waals surface area contributed by atoms with Gasteiger partial charge in [-0.2, -0.15) is 0 Å². The summed E-state index contributed by atoms with van der Waals surface area (Å²) in [5.74, 6) is 0.319. The van der Waals surface area contributed by atoms with Crippen LogP contribution >= 0.6 is 15.9 Å². The van der Waals surface area contributed by atoms with E-state index in [0.29, 0.717) is 5.92 Å². The average Bonchev–Trinajstić information content (AvgIpc) is 2.44. The highest BCUT2D eigenvalue weighted by Crippen LogP contribution is 2.32. The Kier molecular flexibility index (Phi) is 4.72. The molecule has 0 saturated carbocycles. The summed E-state index contributed by atoms with van der Waals surface area (Å²) in [5.41, 5.74) is 3.72. The quantitative estimate of drug-likeness (QED) is 0.913. The topological polar surface area (TPSA) is 24.9 Å². The van der Waals surface area contributed by atoms with Gasteiger partial charge in [0.25, 0.3) is 0 Å². The molecule has 0 amide bonds. The van der Waals surface area contributed by atoms with Gasteiger partial charge in [0.05, 0.1) is 0 Å². The second kappa shape index (κ2) is 6.31. The number of benzene rings is 1. The molecule has 3 heteroatoms. The Morgan fingerprint density at radius 2 is 2.00 bits per heavy atom. The van der Waals surface area contributed by atoms with Crippen LogP contribution in [0, 0.1) is 6.92 Å². The molecule has 19 heavy (non-hydrogen) atoms. The zero-order valence-electron chi connectivity index (χ0n) is 11.5. The summed E-state index contributed by atoms with van der Waals surface area (Å²) >= 11 is 3.56. The summed E-state index contributed by atoms with van der Waals surface area (Å²) in [7, 11) is 2.00. The van der Waals surface area contributed by atoms with Gasteiger partial charge in [-0.25, -0.2) is 0 Å². The molecule has 0 aliphatic carbocycles. The van der Waals surface area contributed by atoms with Gasteiger partial charge in [0.15, 0.2) is 0 Å². The van der Waals surface area contributed by atoms with E-state index in [4.69, 9.17) is 0 Å². The van der Waals surface area contributed by atoms with Gasteiger partial charge in [-0.3, -0.25) is 4.98 Å². The molecule has 1 aromatic carbocycles. The first-order valence-electron chi connectivity index (χ1n) is 6.47. The highest BCUT2D eigenvalue weighted by Gasteiger charge is 2.21. The maximum Gasteiger partial charge on any atom is 0.0450 e. The number of nitrogens with zero attached hydrogens (tertiary/aromatic N) is 1. The number of pyridine rings is 1. The predicted molar refractivity (Wildman–Crippen MR) is 83.3 cm³/mol. The summed E-state index contributed by atoms with van der Waals surface area (Å²) in [4.78, 5) is 4.47. The van der Waals surface area contributed by atoms with Crippen LogP contribution < -0.4 is 5.32 Å². The third-order valence-electron chi connectivity index (χ3n) is 3.54. The number of aromatic nitrogens is 1. The van der Waals surface area contributed by atoms with Crippen molar-refractivity contribution in [2.75, 3.05) is 7.05 Å². The molecule has 2 atom stereocenters. The smallest absolute Gasteiger partial charge is 0.0450 e. The van der Waals surface area contributed by atoms with Crippen LogP contribution in [0.3, 0.4) is 0 Å². The van der Waals surface area contributed by atoms with E-state index in [1.807, 2.05) is 25.4 Å². The lowest BCUT2D eigenvalue weighted by molar-refractivity contribution is 0.497. The first-order chi connectivity index (χ1) is 9.13. The monoisotopic (exact) mass is 318 g/mol. The van der Waals surface area contributed by atoms with Crippen molar-refractivity contribution in [3.63, 3.8) is 0 Å². The molecular weight excluding hydrogens is 300 g/mol. The zero-order valence-corrected chi connectivity index (χ0v) is 13.1. The maximum atomic E-state index is 4.47. The van der Waals surface area contributed by atoms with E-state index in [1.54, 1.807) is 0 Å². The molecule has 0 saturated heterocycles. The average molecular weight is 319 g/mol. The van der Waals surface area contributed by atoms with Crippen molar-refractivity contribution in [2.24, 2.45) is 0 Å². The number of hydrogen-bond donors (Lipinski definition) is 1. The summed E-state index contributed by atoms with van der Waals surface area (Å²) < 4.78 is 1.11. The van der Waals surface area contributed by atoms with Gasteiger partial charge in [0, 0.05) is 28.3 Å². The third kappa shape index (κ3) is 3.23. The van der Waals surface area contributed by atoms with Gasteiger partial charge in [-0.05, 0) is 49.4 Å². The number of nitrogens with one attached hydrogen (secondary N) is 1. The fourth-order valence-corrected chi connectivity index (χ4v) is 2.82. The van der Waals surface area contributed by atoms with Crippen LogP contribution in [0.1, 0.15) is 35.7 Å². The van der Waals surface area contributed by atoms with Gasteiger partial charge in [0.1, 0.15) is 0 Å². The second-order valence-electron chi connectivity index (χ2n) is 4.81. The molecule has 0 radical (unpaired) electrons. The van der Waals surface area contributed by atoms with Crippen LogP contribution in [0.25, 0.3) is 0 Å². The lowest BCUT2D eigenvalue weighted by atomic mass is 9.89. The summed E-state index contributed by atoms with van der Waals surface area (Å²) in [5, 5.41) is 3.42. The molecule has 0 fully saturated rings. The Bertz CT molecular complexity index is 540. The normalized spacial score (nSPS) is 14.1. The molecule has 2 nitrogen and oxygen atoms in total. The SMILES string of the molecule is CNC(c1cc(Br)ccc1C)C(C)c1ccccn1. The first-order valence-corrected chi connectivity index (χ1v) is 7.27. The van der Waals surface area contributed by atoms with Crippen LogP contribution in [0.15, 0.2) is 47.1 Å².